The van der Waals surface area contributed by atoms with Crippen LogP contribution in [0.4, 0.5) is 11.5 Å². The number of rotatable bonds is 9. The molecule has 0 aliphatic carbocycles. The molecule has 2 aromatic carbocycles. The summed E-state index contributed by atoms with van der Waals surface area (Å²) in [6.45, 7) is 8.67. The van der Waals surface area contributed by atoms with E-state index in [1.807, 2.05) is 18.2 Å². The van der Waals surface area contributed by atoms with Crippen molar-refractivity contribution in [3.05, 3.63) is 48.0 Å². The maximum Gasteiger partial charge on any atom is 0.203 e. The standard InChI is InChI=1S/C29H34N4O4/c1-6-32(7-2)22-10-8-20(9-11-22)23-18-25(21-16-26(34-3)28(36-5)27(17-21)35-4)31-29(24(23)19-30)33-12-14-37-15-13-33/h8-11,16-18H,6-7,12-15H2,1-5H3. The van der Waals surface area contributed by atoms with Crippen molar-refractivity contribution < 1.29 is 18.9 Å². The molecular formula is C29H34N4O4. The van der Waals surface area contributed by atoms with Crippen molar-refractivity contribution in [3.8, 4) is 45.7 Å². The SMILES string of the molecule is CCN(CC)c1ccc(-c2cc(-c3cc(OC)c(OC)c(OC)c3)nc(N3CCOCC3)c2C#N)cc1. The van der Waals surface area contributed by atoms with Crippen molar-refractivity contribution in [3.63, 3.8) is 0 Å². The summed E-state index contributed by atoms with van der Waals surface area (Å²) in [6, 6.07) is 16.5. The monoisotopic (exact) mass is 502 g/mol. The minimum absolute atomic E-state index is 0.517. The number of nitriles is 1. The Hall–Kier alpha value is -3.96. The molecule has 0 saturated carbocycles. The molecule has 4 rings (SSSR count). The summed E-state index contributed by atoms with van der Waals surface area (Å²) in [5, 5.41) is 10.3. The highest BCUT2D eigenvalue weighted by Crippen LogP contribution is 2.42. The summed E-state index contributed by atoms with van der Waals surface area (Å²) in [5.74, 6) is 2.25. The number of ether oxygens (including phenoxy) is 4. The van der Waals surface area contributed by atoms with E-state index in [0.717, 1.165) is 35.5 Å². The molecule has 8 nitrogen and oxygen atoms in total. The molecule has 1 fully saturated rings. The molecule has 0 spiro atoms. The van der Waals surface area contributed by atoms with E-state index in [-0.39, 0.29) is 0 Å². The van der Waals surface area contributed by atoms with Crippen LogP contribution in [0.3, 0.4) is 0 Å². The van der Waals surface area contributed by atoms with Gasteiger partial charge in [0.2, 0.25) is 5.75 Å². The minimum atomic E-state index is 0.517. The fourth-order valence-electron chi connectivity index (χ4n) is 4.69. The Balaban J connectivity index is 1.92. The number of nitrogens with zero attached hydrogens (tertiary/aromatic N) is 4. The Morgan fingerprint density at radius 1 is 0.919 bits per heavy atom. The third-order valence-electron chi connectivity index (χ3n) is 6.69. The van der Waals surface area contributed by atoms with Crippen LogP contribution in [-0.2, 0) is 4.74 Å². The Bertz CT molecular complexity index is 1240. The molecule has 1 aliphatic heterocycles. The zero-order chi connectivity index (χ0) is 26.4. The van der Waals surface area contributed by atoms with Crippen LogP contribution >= 0.6 is 0 Å². The van der Waals surface area contributed by atoms with E-state index in [4.69, 9.17) is 23.9 Å². The number of pyridine rings is 1. The Morgan fingerprint density at radius 3 is 2.05 bits per heavy atom. The van der Waals surface area contributed by atoms with Crippen LogP contribution in [0.5, 0.6) is 17.2 Å². The Labute approximate surface area is 219 Å². The van der Waals surface area contributed by atoms with Gasteiger partial charge in [-0.2, -0.15) is 5.26 Å². The predicted molar refractivity (Wildman–Crippen MR) is 146 cm³/mol. The highest BCUT2D eigenvalue weighted by atomic mass is 16.5. The van der Waals surface area contributed by atoms with Crippen molar-refractivity contribution in [2.45, 2.75) is 13.8 Å². The van der Waals surface area contributed by atoms with Crippen molar-refractivity contribution in [1.82, 2.24) is 4.98 Å². The first-order valence-corrected chi connectivity index (χ1v) is 12.5. The molecule has 8 heteroatoms. The van der Waals surface area contributed by atoms with Gasteiger partial charge in [0.25, 0.3) is 0 Å². The second kappa shape index (κ2) is 11.8. The molecule has 194 valence electrons. The lowest BCUT2D eigenvalue weighted by molar-refractivity contribution is 0.122. The Morgan fingerprint density at radius 2 is 1.54 bits per heavy atom. The molecule has 1 saturated heterocycles. The highest BCUT2D eigenvalue weighted by Gasteiger charge is 2.23. The summed E-state index contributed by atoms with van der Waals surface area (Å²) in [7, 11) is 4.77. The van der Waals surface area contributed by atoms with Crippen LogP contribution in [0.1, 0.15) is 19.4 Å². The van der Waals surface area contributed by atoms with E-state index in [9.17, 15) is 5.26 Å². The van der Waals surface area contributed by atoms with Gasteiger partial charge in [-0.25, -0.2) is 4.98 Å². The molecule has 0 atom stereocenters. The predicted octanol–water partition coefficient (Wildman–Crippen LogP) is 5.00. The average molecular weight is 503 g/mol. The molecule has 3 aromatic rings. The van der Waals surface area contributed by atoms with Gasteiger partial charge in [-0.15, -0.1) is 0 Å². The van der Waals surface area contributed by atoms with Crippen molar-refractivity contribution in [1.29, 1.82) is 5.26 Å². The summed E-state index contributed by atoms with van der Waals surface area (Å²) < 4.78 is 22.2. The zero-order valence-electron chi connectivity index (χ0n) is 22.2. The molecular weight excluding hydrogens is 468 g/mol. The number of morpholine rings is 1. The maximum absolute atomic E-state index is 10.3. The van der Waals surface area contributed by atoms with Crippen molar-refractivity contribution in [2.75, 3.05) is 70.5 Å². The molecule has 1 aromatic heterocycles. The fourth-order valence-corrected chi connectivity index (χ4v) is 4.69. The highest BCUT2D eigenvalue weighted by molar-refractivity contribution is 5.83. The summed E-state index contributed by atoms with van der Waals surface area (Å²) >= 11 is 0. The van der Waals surface area contributed by atoms with Crippen molar-refractivity contribution in [2.24, 2.45) is 0 Å². The normalized spacial score (nSPS) is 13.1. The van der Waals surface area contributed by atoms with Gasteiger partial charge in [-0.05, 0) is 49.7 Å². The van der Waals surface area contributed by atoms with Gasteiger partial charge in [0, 0.05) is 43.0 Å². The lowest BCUT2D eigenvalue weighted by atomic mass is 9.97. The van der Waals surface area contributed by atoms with Crippen LogP contribution in [0.25, 0.3) is 22.4 Å². The van der Waals surface area contributed by atoms with E-state index in [1.165, 1.54) is 0 Å². The first-order valence-electron chi connectivity index (χ1n) is 12.5. The largest absolute Gasteiger partial charge is 0.493 e. The van der Waals surface area contributed by atoms with E-state index in [0.29, 0.717) is 60.6 Å². The van der Waals surface area contributed by atoms with Crippen LogP contribution in [0.15, 0.2) is 42.5 Å². The summed E-state index contributed by atoms with van der Waals surface area (Å²) in [4.78, 5) is 9.41. The lowest BCUT2D eigenvalue weighted by Crippen LogP contribution is -2.37. The lowest BCUT2D eigenvalue weighted by Gasteiger charge is -2.29. The molecule has 0 amide bonds. The summed E-state index contributed by atoms with van der Waals surface area (Å²) in [5.41, 5.74) is 5.00. The Kier molecular flexibility index (Phi) is 8.36. The number of anilines is 2. The molecule has 0 radical (unpaired) electrons. The fraction of sp³-hybridized carbons (Fsp3) is 0.379. The molecule has 0 bridgehead atoms. The second-order valence-electron chi connectivity index (χ2n) is 8.60. The van der Waals surface area contributed by atoms with Crippen LogP contribution in [0.2, 0.25) is 0 Å². The third-order valence-corrected chi connectivity index (χ3v) is 6.69. The summed E-state index contributed by atoms with van der Waals surface area (Å²) in [6.07, 6.45) is 0. The minimum Gasteiger partial charge on any atom is -0.493 e. The number of aromatic nitrogens is 1. The third kappa shape index (κ3) is 5.27. The van der Waals surface area contributed by atoms with Gasteiger partial charge in [0.05, 0.1) is 40.2 Å². The van der Waals surface area contributed by atoms with Gasteiger partial charge in [0.1, 0.15) is 17.5 Å². The number of methoxy groups -OCH3 is 3. The molecule has 37 heavy (non-hydrogen) atoms. The molecule has 2 heterocycles. The molecule has 0 N–H and O–H groups in total. The van der Waals surface area contributed by atoms with E-state index in [2.05, 4.69) is 54.0 Å². The molecule has 1 aliphatic rings. The zero-order valence-corrected chi connectivity index (χ0v) is 22.2. The number of hydrogen-bond acceptors (Lipinski definition) is 8. The molecule has 0 unspecified atom stereocenters. The van der Waals surface area contributed by atoms with E-state index >= 15 is 0 Å². The topological polar surface area (TPSA) is 80.1 Å². The smallest absolute Gasteiger partial charge is 0.203 e. The van der Waals surface area contributed by atoms with Gasteiger partial charge < -0.3 is 28.7 Å². The van der Waals surface area contributed by atoms with Crippen LogP contribution in [0, 0.1) is 11.3 Å². The van der Waals surface area contributed by atoms with Gasteiger partial charge in [-0.1, -0.05) is 12.1 Å². The first kappa shape index (κ1) is 26.1. The van der Waals surface area contributed by atoms with Crippen LogP contribution < -0.4 is 24.0 Å². The average Bonchev–Trinajstić information content (AvgIpc) is 2.97. The van der Waals surface area contributed by atoms with E-state index in [1.54, 1.807) is 21.3 Å². The first-order chi connectivity index (χ1) is 18.1. The number of benzene rings is 2. The van der Waals surface area contributed by atoms with E-state index < -0.39 is 0 Å². The van der Waals surface area contributed by atoms with Gasteiger partial charge >= 0.3 is 0 Å². The quantitative estimate of drug-likeness (QED) is 0.405. The maximum atomic E-state index is 10.3. The number of hydrogen-bond donors (Lipinski definition) is 0. The van der Waals surface area contributed by atoms with Crippen LogP contribution in [-0.4, -0.2) is 65.7 Å². The van der Waals surface area contributed by atoms with Gasteiger partial charge in [-0.3, -0.25) is 0 Å². The van der Waals surface area contributed by atoms with Crippen molar-refractivity contribution >= 4 is 11.5 Å². The second-order valence-corrected chi connectivity index (χ2v) is 8.60. The van der Waals surface area contributed by atoms with Gasteiger partial charge in [0.15, 0.2) is 11.5 Å².